The van der Waals surface area contributed by atoms with Crippen molar-refractivity contribution in [3.05, 3.63) is 23.8 Å². The Morgan fingerprint density at radius 3 is 2.84 bits per heavy atom. The van der Waals surface area contributed by atoms with E-state index in [2.05, 4.69) is 5.32 Å². The maximum Gasteiger partial charge on any atom is 0.250 e. The number of hydrogen-bond donors (Lipinski definition) is 2. The van der Waals surface area contributed by atoms with Crippen LogP contribution in [0.25, 0.3) is 0 Å². The Morgan fingerprint density at radius 2 is 2.21 bits per heavy atom. The summed E-state index contributed by atoms with van der Waals surface area (Å²) >= 11 is 0. The van der Waals surface area contributed by atoms with Gasteiger partial charge in [0, 0.05) is 6.61 Å². The van der Waals surface area contributed by atoms with Crippen LogP contribution in [0.5, 0.6) is 0 Å². The van der Waals surface area contributed by atoms with E-state index in [4.69, 9.17) is 15.2 Å². The highest BCUT2D eigenvalue weighted by Gasteiger charge is 2.10. The first-order valence-electron chi connectivity index (χ1n) is 6.38. The van der Waals surface area contributed by atoms with Crippen LogP contribution in [-0.2, 0) is 14.3 Å². The van der Waals surface area contributed by atoms with E-state index in [9.17, 15) is 4.79 Å². The number of nitrogen functional groups attached to an aromatic ring is 1. The maximum atomic E-state index is 11.8. The van der Waals surface area contributed by atoms with Crippen molar-refractivity contribution in [1.82, 2.24) is 0 Å². The Bertz CT molecular complexity index is 401. The molecule has 0 fully saturated rings. The van der Waals surface area contributed by atoms with E-state index in [0.29, 0.717) is 24.6 Å². The van der Waals surface area contributed by atoms with Crippen molar-refractivity contribution < 1.29 is 14.3 Å². The summed E-state index contributed by atoms with van der Waals surface area (Å²) < 4.78 is 10.6. The molecular formula is C14H22N2O3. The molecule has 1 rings (SSSR count). The second-order valence-electron chi connectivity index (χ2n) is 4.37. The maximum absolute atomic E-state index is 11.8. The zero-order chi connectivity index (χ0) is 14.3. The van der Waals surface area contributed by atoms with Crippen molar-refractivity contribution in [3.8, 4) is 0 Å². The van der Waals surface area contributed by atoms with Crippen molar-refractivity contribution in [2.45, 2.75) is 26.9 Å². The van der Waals surface area contributed by atoms with E-state index in [-0.39, 0.29) is 18.6 Å². The number of hydrogen-bond acceptors (Lipinski definition) is 4. The van der Waals surface area contributed by atoms with Gasteiger partial charge >= 0.3 is 0 Å². The Balaban J connectivity index is 2.43. The molecule has 0 radical (unpaired) electrons. The molecule has 106 valence electrons. The van der Waals surface area contributed by atoms with E-state index in [1.54, 1.807) is 6.07 Å². The van der Waals surface area contributed by atoms with Gasteiger partial charge in [0.25, 0.3) is 0 Å². The lowest BCUT2D eigenvalue weighted by Gasteiger charge is -2.14. The summed E-state index contributed by atoms with van der Waals surface area (Å²) in [5, 5.41) is 2.76. The van der Waals surface area contributed by atoms with Crippen LogP contribution < -0.4 is 11.1 Å². The number of nitrogens with one attached hydrogen (secondary N) is 1. The number of carbonyl (C=O) groups excluding carboxylic acids is 1. The van der Waals surface area contributed by atoms with Gasteiger partial charge in [0.05, 0.1) is 24.1 Å². The summed E-state index contributed by atoms with van der Waals surface area (Å²) in [4.78, 5) is 11.8. The third-order valence-electron chi connectivity index (χ3n) is 2.63. The minimum Gasteiger partial charge on any atom is -0.397 e. The molecule has 0 aliphatic carbocycles. The molecule has 0 aliphatic heterocycles. The molecular weight excluding hydrogens is 244 g/mol. The first-order chi connectivity index (χ1) is 9.04. The van der Waals surface area contributed by atoms with Crippen LogP contribution in [0.1, 0.15) is 19.4 Å². The zero-order valence-electron chi connectivity index (χ0n) is 11.7. The average Bonchev–Trinajstić information content (AvgIpc) is 2.38. The summed E-state index contributed by atoms with van der Waals surface area (Å²) in [5.74, 6) is -0.218. The van der Waals surface area contributed by atoms with Gasteiger partial charge in [-0.1, -0.05) is 12.1 Å². The number of anilines is 2. The van der Waals surface area contributed by atoms with E-state index in [1.807, 2.05) is 32.9 Å². The molecule has 0 saturated carbocycles. The van der Waals surface area contributed by atoms with Crippen molar-refractivity contribution >= 4 is 17.3 Å². The summed E-state index contributed by atoms with van der Waals surface area (Å²) in [6.07, 6.45) is -0.111. The number of para-hydroxylation sites is 1. The van der Waals surface area contributed by atoms with Crippen LogP contribution in [0.3, 0.4) is 0 Å². The fourth-order valence-electron chi connectivity index (χ4n) is 1.59. The largest absolute Gasteiger partial charge is 0.397 e. The van der Waals surface area contributed by atoms with Crippen LogP contribution >= 0.6 is 0 Å². The predicted octanol–water partition coefficient (Wildman–Crippen LogP) is 1.96. The highest BCUT2D eigenvalue weighted by atomic mass is 16.5. The molecule has 0 bridgehead atoms. The average molecular weight is 266 g/mol. The molecule has 0 saturated heterocycles. The molecule has 1 aromatic rings. The van der Waals surface area contributed by atoms with Gasteiger partial charge < -0.3 is 20.5 Å². The molecule has 19 heavy (non-hydrogen) atoms. The van der Waals surface area contributed by atoms with Gasteiger partial charge in [-0.05, 0) is 32.4 Å². The fraction of sp³-hybridized carbons (Fsp3) is 0.500. The number of carbonyl (C=O) groups is 1. The molecule has 0 spiro atoms. The monoisotopic (exact) mass is 266 g/mol. The molecule has 0 aliphatic rings. The molecule has 0 aromatic heterocycles. The van der Waals surface area contributed by atoms with Gasteiger partial charge in [-0.2, -0.15) is 0 Å². The minimum atomic E-state index is -0.218. The number of amides is 1. The molecule has 1 aromatic carbocycles. The summed E-state index contributed by atoms with van der Waals surface area (Å²) in [7, 11) is 0. The third-order valence-corrected chi connectivity index (χ3v) is 2.63. The highest BCUT2D eigenvalue weighted by Crippen LogP contribution is 2.22. The molecule has 1 amide bonds. The summed E-state index contributed by atoms with van der Waals surface area (Å²) in [6.45, 7) is 6.79. The smallest absolute Gasteiger partial charge is 0.250 e. The first-order valence-corrected chi connectivity index (χ1v) is 6.38. The normalized spacial score (nSPS) is 12.2. The third kappa shape index (κ3) is 5.28. The lowest BCUT2D eigenvalue weighted by Crippen LogP contribution is -2.25. The minimum absolute atomic E-state index is 0.0119. The lowest BCUT2D eigenvalue weighted by atomic mass is 10.1. The van der Waals surface area contributed by atoms with Crippen LogP contribution in [0.15, 0.2) is 18.2 Å². The van der Waals surface area contributed by atoms with Gasteiger partial charge in [-0.15, -0.1) is 0 Å². The summed E-state index contributed by atoms with van der Waals surface area (Å²) in [5.41, 5.74) is 7.94. The second kappa shape index (κ2) is 7.76. The van der Waals surface area contributed by atoms with Gasteiger partial charge in [0.2, 0.25) is 5.91 Å². The van der Waals surface area contributed by atoms with Crippen molar-refractivity contribution in [2.24, 2.45) is 0 Å². The topological polar surface area (TPSA) is 73.6 Å². The quantitative estimate of drug-likeness (QED) is 0.740. The molecule has 3 N–H and O–H groups in total. The number of ether oxygens (including phenoxy) is 2. The molecule has 5 heteroatoms. The van der Waals surface area contributed by atoms with E-state index < -0.39 is 0 Å². The van der Waals surface area contributed by atoms with Gasteiger partial charge in [0.15, 0.2) is 0 Å². The van der Waals surface area contributed by atoms with Crippen LogP contribution in [0.2, 0.25) is 0 Å². The Kier molecular flexibility index (Phi) is 6.32. The molecule has 1 unspecified atom stereocenters. The Hall–Kier alpha value is -1.59. The molecule has 5 nitrogen and oxygen atoms in total. The molecule has 0 heterocycles. The Morgan fingerprint density at radius 1 is 1.47 bits per heavy atom. The van der Waals surface area contributed by atoms with E-state index in [1.165, 1.54) is 0 Å². The number of benzene rings is 1. The highest BCUT2D eigenvalue weighted by molar-refractivity contribution is 5.95. The SMILES string of the molecule is CCOCC(C)OCC(=O)Nc1c(C)cccc1N. The van der Waals surface area contributed by atoms with Crippen molar-refractivity contribution in [3.63, 3.8) is 0 Å². The predicted molar refractivity (Wildman–Crippen MR) is 76.1 cm³/mol. The van der Waals surface area contributed by atoms with E-state index in [0.717, 1.165) is 5.56 Å². The fourth-order valence-corrected chi connectivity index (χ4v) is 1.59. The van der Waals surface area contributed by atoms with Crippen LogP contribution in [0.4, 0.5) is 11.4 Å². The van der Waals surface area contributed by atoms with Gasteiger partial charge in [-0.25, -0.2) is 0 Å². The Labute approximate surface area is 114 Å². The number of aryl methyl sites for hydroxylation is 1. The number of nitrogens with two attached hydrogens (primary N) is 1. The van der Waals surface area contributed by atoms with E-state index >= 15 is 0 Å². The zero-order valence-corrected chi connectivity index (χ0v) is 11.7. The molecule has 1 atom stereocenters. The summed E-state index contributed by atoms with van der Waals surface area (Å²) in [6, 6.07) is 5.49. The standard InChI is InChI=1S/C14H22N2O3/c1-4-18-8-11(3)19-9-13(17)16-14-10(2)6-5-7-12(14)15/h5-7,11H,4,8-9,15H2,1-3H3,(H,16,17). The van der Waals surface area contributed by atoms with Crippen LogP contribution in [0, 0.1) is 6.92 Å². The van der Waals surface area contributed by atoms with Gasteiger partial charge in [-0.3, -0.25) is 4.79 Å². The first kappa shape index (κ1) is 15.5. The lowest BCUT2D eigenvalue weighted by molar-refractivity contribution is -0.123. The van der Waals surface area contributed by atoms with Crippen molar-refractivity contribution in [2.75, 3.05) is 30.9 Å². The van der Waals surface area contributed by atoms with Crippen LogP contribution in [-0.4, -0.2) is 31.8 Å². The second-order valence-corrected chi connectivity index (χ2v) is 4.37. The van der Waals surface area contributed by atoms with Crippen molar-refractivity contribution in [1.29, 1.82) is 0 Å². The van der Waals surface area contributed by atoms with Gasteiger partial charge in [0.1, 0.15) is 6.61 Å². The number of rotatable bonds is 7.